The van der Waals surface area contributed by atoms with E-state index in [9.17, 15) is 5.11 Å². The van der Waals surface area contributed by atoms with Gasteiger partial charge in [0.1, 0.15) is 0 Å². The topological polar surface area (TPSA) is 32.3 Å². The molecule has 0 saturated carbocycles. The van der Waals surface area contributed by atoms with E-state index < -0.39 is 5.60 Å². The molecule has 2 bridgehead atoms. The van der Waals surface area contributed by atoms with Crippen molar-refractivity contribution < 1.29 is 5.11 Å². The van der Waals surface area contributed by atoms with Crippen molar-refractivity contribution in [2.75, 3.05) is 0 Å². The van der Waals surface area contributed by atoms with Crippen molar-refractivity contribution in [1.82, 2.24) is 5.32 Å². The van der Waals surface area contributed by atoms with Crippen LogP contribution in [0.4, 0.5) is 0 Å². The molecule has 14 heavy (non-hydrogen) atoms. The Hall–Kier alpha value is -0.0800. The van der Waals surface area contributed by atoms with Crippen molar-refractivity contribution in [3.05, 3.63) is 0 Å². The quantitative estimate of drug-likeness (QED) is 0.709. The predicted molar refractivity (Wildman–Crippen MR) is 58.1 cm³/mol. The second kappa shape index (κ2) is 3.49. The predicted octanol–water partition coefficient (Wildman–Crippen LogP) is 1.92. The van der Waals surface area contributed by atoms with Gasteiger partial charge in [-0.1, -0.05) is 13.8 Å². The zero-order chi connectivity index (χ0) is 10.3. The molecule has 2 aliphatic rings. The van der Waals surface area contributed by atoms with Crippen molar-refractivity contribution in [2.24, 2.45) is 11.8 Å². The Balaban J connectivity index is 2.10. The van der Waals surface area contributed by atoms with Crippen LogP contribution in [-0.2, 0) is 0 Å². The summed E-state index contributed by atoms with van der Waals surface area (Å²) in [5.41, 5.74) is -0.429. The van der Waals surface area contributed by atoms with Crippen LogP contribution in [0.2, 0.25) is 0 Å². The van der Waals surface area contributed by atoms with E-state index in [1.165, 1.54) is 12.8 Å². The van der Waals surface area contributed by atoms with E-state index in [1.807, 2.05) is 6.92 Å². The average molecular weight is 197 g/mol. The number of piperidine rings is 1. The molecule has 4 unspecified atom stereocenters. The fraction of sp³-hybridized carbons (Fsp3) is 1.00. The van der Waals surface area contributed by atoms with Crippen LogP contribution in [-0.4, -0.2) is 22.8 Å². The highest BCUT2D eigenvalue weighted by Crippen LogP contribution is 2.41. The van der Waals surface area contributed by atoms with Gasteiger partial charge >= 0.3 is 0 Å². The zero-order valence-electron chi connectivity index (χ0n) is 9.59. The van der Waals surface area contributed by atoms with E-state index in [1.54, 1.807) is 0 Å². The molecule has 0 aliphatic carbocycles. The van der Waals surface area contributed by atoms with Crippen molar-refractivity contribution >= 4 is 0 Å². The van der Waals surface area contributed by atoms with Crippen molar-refractivity contribution in [3.63, 3.8) is 0 Å². The first-order chi connectivity index (χ1) is 6.49. The fourth-order valence-corrected chi connectivity index (χ4v) is 3.34. The Morgan fingerprint density at radius 2 is 2.14 bits per heavy atom. The monoisotopic (exact) mass is 197 g/mol. The number of rotatable bonds is 2. The van der Waals surface area contributed by atoms with Crippen LogP contribution in [0.3, 0.4) is 0 Å². The summed E-state index contributed by atoms with van der Waals surface area (Å²) in [7, 11) is 0. The fourth-order valence-electron chi connectivity index (χ4n) is 3.34. The van der Waals surface area contributed by atoms with Gasteiger partial charge < -0.3 is 10.4 Å². The normalized spacial score (nSPS) is 47.4. The lowest BCUT2D eigenvalue weighted by Crippen LogP contribution is -2.54. The molecule has 82 valence electrons. The number of nitrogens with one attached hydrogen (secondary N) is 1. The molecule has 2 saturated heterocycles. The van der Waals surface area contributed by atoms with Crippen molar-refractivity contribution in [2.45, 2.75) is 64.1 Å². The summed E-state index contributed by atoms with van der Waals surface area (Å²) < 4.78 is 0. The maximum Gasteiger partial charge on any atom is 0.0677 e. The van der Waals surface area contributed by atoms with Crippen LogP contribution in [0.25, 0.3) is 0 Å². The third kappa shape index (κ3) is 1.82. The Morgan fingerprint density at radius 1 is 1.43 bits per heavy atom. The molecule has 0 amide bonds. The van der Waals surface area contributed by atoms with Crippen molar-refractivity contribution in [3.8, 4) is 0 Å². The lowest BCUT2D eigenvalue weighted by atomic mass is 9.74. The molecule has 0 radical (unpaired) electrons. The van der Waals surface area contributed by atoms with E-state index in [0.717, 1.165) is 12.8 Å². The Morgan fingerprint density at radius 3 is 2.79 bits per heavy atom. The van der Waals surface area contributed by atoms with Crippen LogP contribution < -0.4 is 5.32 Å². The van der Waals surface area contributed by atoms with E-state index in [4.69, 9.17) is 0 Å². The SMILES string of the molecule is CC(C)CC1C2CCC(CC1(C)O)N2. The minimum atomic E-state index is -0.429. The number of fused-ring (bicyclic) bond motifs is 2. The molecule has 2 rings (SSSR count). The first-order valence-electron chi connectivity index (χ1n) is 5.97. The highest BCUT2D eigenvalue weighted by molar-refractivity contribution is 5.03. The Bertz CT molecular complexity index is 212. The van der Waals surface area contributed by atoms with Gasteiger partial charge in [-0.15, -0.1) is 0 Å². The van der Waals surface area contributed by atoms with Gasteiger partial charge in [0.2, 0.25) is 0 Å². The summed E-state index contributed by atoms with van der Waals surface area (Å²) in [5, 5.41) is 14.1. The van der Waals surface area contributed by atoms with Gasteiger partial charge in [0.15, 0.2) is 0 Å². The van der Waals surface area contributed by atoms with Gasteiger partial charge in [0.25, 0.3) is 0 Å². The van der Waals surface area contributed by atoms with E-state index in [2.05, 4.69) is 19.2 Å². The molecule has 0 spiro atoms. The van der Waals surface area contributed by atoms with Crippen LogP contribution in [0.5, 0.6) is 0 Å². The number of hydrogen-bond donors (Lipinski definition) is 2. The lowest BCUT2D eigenvalue weighted by molar-refractivity contribution is -0.0515. The summed E-state index contributed by atoms with van der Waals surface area (Å²) in [4.78, 5) is 0. The molecule has 2 heteroatoms. The molecule has 2 N–H and O–H groups in total. The standard InChI is InChI=1S/C12H23NO/c1-8(2)6-10-11-5-4-9(13-11)7-12(10,3)14/h8-11,13-14H,4-7H2,1-3H3. The smallest absolute Gasteiger partial charge is 0.0677 e. The van der Waals surface area contributed by atoms with Crippen LogP contribution in [0, 0.1) is 11.8 Å². The molecule has 4 atom stereocenters. The molecule has 2 nitrogen and oxygen atoms in total. The minimum Gasteiger partial charge on any atom is -0.390 e. The summed E-state index contributed by atoms with van der Waals surface area (Å²) in [6.45, 7) is 6.53. The lowest BCUT2D eigenvalue weighted by Gasteiger charge is -2.43. The average Bonchev–Trinajstić information content (AvgIpc) is 2.42. The van der Waals surface area contributed by atoms with Gasteiger partial charge in [-0.25, -0.2) is 0 Å². The van der Waals surface area contributed by atoms with Crippen LogP contribution in [0.15, 0.2) is 0 Å². The summed E-state index contributed by atoms with van der Waals surface area (Å²) in [5.74, 6) is 1.15. The summed E-state index contributed by atoms with van der Waals surface area (Å²) >= 11 is 0. The van der Waals surface area contributed by atoms with Crippen LogP contribution >= 0.6 is 0 Å². The zero-order valence-corrected chi connectivity index (χ0v) is 9.59. The second-order valence-electron chi connectivity index (χ2n) is 5.84. The highest BCUT2D eigenvalue weighted by atomic mass is 16.3. The van der Waals surface area contributed by atoms with E-state index in [-0.39, 0.29) is 0 Å². The van der Waals surface area contributed by atoms with Crippen LogP contribution in [0.1, 0.15) is 46.5 Å². The molecule has 2 heterocycles. The van der Waals surface area contributed by atoms with Crippen molar-refractivity contribution in [1.29, 1.82) is 0 Å². The maximum absolute atomic E-state index is 10.4. The first kappa shape index (κ1) is 10.4. The molecule has 2 fully saturated rings. The first-order valence-corrected chi connectivity index (χ1v) is 5.97. The van der Waals surface area contributed by atoms with Gasteiger partial charge in [-0.3, -0.25) is 0 Å². The van der Waals surface area contributed by atoms with E-state index >= 15 is 0 Å². The van der Waals surface area contributed by atoms with Gasteiger partial charge in [0.05, 0.1) is 5.60 Å². The molecule has 0 aromatic rings. The maximum atomic E-state index is 10.4. The third-order valence-corrected chi connectivity index (χ3v) is 3.95. The number of hydrogen-bond acceptors (Lipinski definition) is 2. The van der Waals surface area contributed by atoms with Gasteiger partial charge in [-0.05, 0) is 38.5 Å². The molecular formula is C12H23NO. The Labute approximate surface area is 87.1 Å². The Kier molecular flexibility index (Phi) is 2.61. The molecule has 0 aromatic carbocycles. The molecule has 0 aromatic heterocycles. The largest absolute Gasteiger partial charge is 0.390 e. The molecular weight excluding hydrogens is 174 g/mol. The van der Waals surface area contributed by atoms with Gasteiger partial charge in [-0.2, -0.15) is 0 Å². The highest BCUT2D eigenvalue weighted by Gasteiger charge is 2.47. The summed E-state index contributed by atoms with van der Waals surface area (Å²) in [6, 6.07) is 1.16. The minimum absolute atomic E-state index is 0.429. The number of aliphatic hydroxyl groups is 1. The second-order valence-corrected chi connectivity index (χ2v) is 5.84. The third-order valence-electron chi connectivity index (χ3n) is 3.95. The van der Waals surface area contributed by atoms with E-state index in [0.29, 0.717) is 23.9 Å². The van der Waals surface area contributed by atoms with Gasteiger partial charge in [0, 0.05) is 18.0 Å². The molecule has 2 aliphatic heterocycles. The summed E-state index contributed by atoms with van der Waals surface area (Å²) in [6.07, 6.45) is 4.62.